The molecule has 1 aliphatic rings. The zero-order valence-corrected chi connectivity index (χ0v) is 11.7. The minimum atomic E-state index is -3.93. The van der Waals surface area contributed by atoms with Crippen molar-refractivity contribution in [2.45, 2.75) is 23.8 Å². The second kappa shape index (κ2) is 5.70. The summed E-state index contributed by atoms with van der Waals surface area (Å²) < 4.78 is 26.7. The van der Waals surface area contributed by atoms with E-state index in [0.717, 1.165) is 18.2 Å². The van der Waals surface area contributed by atoms with Crippen LogP contribution >= 0.6 is 0 Å². The Balaban J connectivity index is 2.21. The van der Waals surface area contributed by atoms with Crippen LogP contribution in [0.3, 0.4) is 0 Å². The molecule has 1 fully saturated rings. The van der Waals surface area contributed by atoms with Crippen LogP contribution in [0.4, 0.5) is 0 Å². The van der Waals surface area contributed by atoms with Gasteiger partial charge in [0.1, 0.15) is 11.3 Å². The Morgan fingerprint density at radius 3 is 2.67 bits per heavy atom. The van der Waals surface area contributed by atoms with E-state index in [-0.39, 0.29) is 23.8 Å². The molecule has 114 valence electrons. The van der Waals surface area contributed by atoms with Crippen molar-refractivity contribution in [3.05, 3.63) is 23.8 Å². The standard InChI is InChI=1S/C12H14N2O6S/c15-10-3-2-8(5-9(10)12(17)18)21(19,20)14-7-1-4-11(16)13-6-7/h2-3,5,7,14-15H,1,4,6H2,(H,13,16)(H,17,18). The highest BCUT2D eigenvalue weighted by molar-refractivity contribution is 7.89. The fraction of sp³-hybridized carbons (Fsp3) is 0.333. The molecule has 1 atom stereocenters. The SMILES string of the molecule is O=C1CCC(NS(=O)(=O)c2ccc(O)c(C(=O)O)c2)CN1. The average Bonchev–Trinajstić information content (AvgIpc) is 2.41. The maximum atomic E-state index is 12.2. The van der Waals surface area contributed by atoms with Crippen LogP contribution in [0.25, 0.3) is 0 Å². The lowest BCUT2D eigenvalue weighted by atomic mass is 10.1. The topological polar surface area (TPSA) is 133 Å². The third kappa shape index (κ3) is 3.50. The van der Waals surface area contributed by atoms with Crippen molar-refractivity contribution in [2.24, 2.45) is 0 Å². The van der Waals surface area contributed by atoms with E-state index in [1.54, 1.807) is 0 Å². The molecule has 0 saturated carbocycles. The van der Waals surface area contributed by atoms with Crippen molar-refractivity contribution < 1.29 is 28.2 Å². The number of sulfonamides is 1. The average molecular weight is 314 g/mol. The minimum absolute atomic E-state index is 0.136. The number of hydrogen-bond acceptors (Lipinski definition) is 5. The van der Waals surface area contributed by atoms with Crippen LogP contribution < -0.4 is 10.0 Å². The molecule has 9 heteroatoms. The second-order valence-electron chi connectivity index (χ2n) is 4.65. The number of nitrogens with one attached hydrogen (secondary N) is 2. The van der Waals surface area contributed by atoms with E-state index in [1.165, 1.54) is 0 Å². The maximum Gasteiger partial charge on any atom is 0.339 e. The van der Waals surface area contributed by atoms with E-state index in [9.17, 15) is 23.1 Å². The molecule has 1 saturated heterocycles. The molecular formula is C12H14N2O6S. The zero-order chi connectivity index (χ0) is 15.6. The van der Waals surface area contributed by atoms with Crippen molar-refractivity contribution in [1.82, 2.24) is 10.0 Å². The van der Waals surface area contributed by atoms with Gasteiger partial charge in [0.25, 0.3) is 0 Å². The Hall–Kier alpha value is -2.13. The number of aromatic carboxylic acids is 1. The van der Waals surface area contributed by atoms with Crippen LogP contribution in [0.1, 0.15) is 23.2 Å². The number of carbonyl (C=O) groups is 2. The quantitative estimate of drug-likeness (QED) is 0.600. The lowest BCUT2D eigenvalue weighted by molar-refractivity contribution is -0.122. The maximum absolute atomic E-state index is 12.2. The van der Waals surface area contributed by atoms with E-state index >= 15 is 0 Å². The summed E-state index contributed by atoms with van der Waals surface area (Å²) in [5, 5.41) is 20.8. The number of carboxylic acids is 1. The van der Waals surface area contributed by atoms with Crippen molar-refractivity contribution in [1.29, 1.82) is 0 Å². The van der Waals surface area contributed by atoms with Gasteiger partial charge in [-0.2, -0.15) is 0 Å². The first-order valence-electron chi connectivity index (χ1n) is 6.15. The van der Waals surface area contributed by atoms with Crippen LogP contribution in [-0.4, -0.2) is 43.1 Å². The van der Waals surface area contributed by atoms with Gasteiger partial charge < -0.3 is 15.5 Å². The smallest absolute Gasteiger partial charge is 0.339 e. The van der Waals surface area contributed by atoms with Crippen LogP contribution in [0.2, 0.25) is 0 Å². The van der Waals surface area contributed by atoms with Crippen molar-refractivity contribution >= 4 is 21.9 Å². The molecular weight excluding hydrogens is 300 g/mol. The first-order chi connectivity index (χ1) is 9.79. The molecule has 0 radical (unpaired) electrons. The van der Waals surface area contributed by atoms with Gasteiger partial charge in [-0.3, -0.25) is 4.79 Å². The molecule has 1 aromatic rings. The molecule has 1 aromatic carbocycles. The van der Waals surface area contributed by atoms with Crippen molar-refractivity contribution in [3.63, 3.8) is 0 Å². The van der Waals surface area contributed by atoms with E-state index < -0.39 is 33.3 Å². The van der Waals surface area contributed by atoms with Crippen LogP contribution in [0.15, 0.2) is 23.1 Å². The number of carboxylic acid groups (broad SMARTS) is 1. The molecule has 8 nitrogen and oxygen atoms in total. The number of amides is 1. The van der Waals surface area contributed by atoms with Gasteiger partial charge in [0.05, 0.1) is 4.90 Å². The summed E-state index contributed by atoms with van der Waals surface area (Å²) in [6, 6.07) is 2.57. The Morgan fingerprint density at radius 1 is 1.38 bits per heavy atom. The fourth-order valence-electron chi connectivity index (χ4n) is 1.97. The first-order valence-corrected chi connectivity index (χ1v) is 7.63. The van der Waals surface area contributed by atoms with Gasteiger partial charge in [0.2, 0.25) is 15.9 Å². The zero-order valence-electron chi connectivity index (χ0n) is 10.9. The summed E-state index contributed by atoms with van der Waals surface area (Å²) in [5.74, 6) is -2.07. The second-order valence-corrected chi connectivity index (χ2v) is 6.36. The lowest BCUT2D eigenvalue weighted by Gasteiger charge is -2.23. The molecule has 0 aliphatic carbocycles. The van der Waals surface area contributed by atoms with E-state index in [1.807, 2.05) is 0 Å². The Kier molecular flexibility index (Phi) is 4.14. The number of carbonyl (C=O) groups excluding carboxylic acids is 1. The Labute approximate surface area is 120 Å². The molecule has 4 N–H and O–H groups in total. The van der Waals surface area contributed by atoms with E-state index in [4.69, 9.17) is 5.11 Å². The summed E-state index contributed by atoms with van der Waals surface area (Å²) >= 11 is 0. The van der Waals surface area contributed by atoms with E-state index in [2.05, 4.69) is 10.0 Å². The molecule has 1 heterocycles. The van der Waals surface area contributed by atoms with Gasteiger partial charge in [0.15, 0.2) is 0 Å². The highest BCUT2D eigenvalue weighted by Gasteiger charge is 2.25. The van der Waals surface area contributed by atoms with Gasteiger partial charge in [-0.15, -0.1) is 0 Å². The third-order valence-electron chi connectivity index (χ3n) is 3.10. The molecule has 21 heavy (non-hydrogen) atoms. The van der Waals surface area contributed by atoms with Crippen LogP contribution in [0, 0.1) is 0 Å². The molecule has 0 spiro atoms. The molecule has 1 aliphatic heterocycles. The number of phenols is 1. The summed E-state index contributed by atoms with van der Waals surface area (Å²) in [7, 11) is -3.93. The fourth-order valence-corrected chi connectivity index (χ4v) is 3.27. The third-order valence-corrected chi connectivity index (χ3v) is 4.61. The summed E-state index contributed by atoms with van der Waals surface area (Å²) in [6.45, 7) is 0.182. The monoisotopic (exact) mass is 314 g/mol. The number of hydrogen-bond donors (Lipinski definition) is 4. The van der Waals surface area contributed by atoms with Crippen LogP contribution in [-0.2, 0) is 14.8 Å². The van der Waals surface area contributed by atoms with Gasteiger partial charge in [-0.1, -0.05) is 0 Å². The first kappa shape index (κ1) is 15.3. The van der Waals surface area contributed by atoms with Gasteiger partial charge in [-0.25, -0.2) is 17.9 Å². The summed E-state index contributed by atoms with van der Waals surface area (Å²) in [5.41, 5.74) is -0.491. The lowest BCUT2D eigenvalue weighted by Crippen LogP contribution is -2.47. The predicted octanol–water partition coefficient (Wildman–Crippen LogP) is -0.353. The molecule has 1 unspecified atom stereocenters. The molecule has 2 rings (SSSR count). The normalized spacial score (nSPS) is 19.0. The van der Waals surface area contributed by atoms with Crippen LogP contribution in [0.5, 0.6) is 5.75 Å². The van der Waals surface area contributed by atoms with Gasteiger partial charge >= 0.3 is 5.97 Å². The highest BCUT2D eigenvalue weighted by atomic mass is 32.2. The molecule has 0 bridgehead atoms. The number of aromatic hydroxyl groups is 1. The molecule has 0 aromatic heterocycles. The summed E-state index contributed by atoms with van der Waals surface area (Å²) in [4.78, 5) is 21.7. The number of piperidine rings is 1. The van der Waals surface area contributed by atoms with Crippen molar-refractivity contribution in [3.8, 4) is 5.75 Å². The molecule has 1 amide bonds. The Bertz CT molecular complexity index is 675. The van der Waals surface area contributed by atoms with Gasteiger partial charge in [-0.05, 0) is 24.6 Å². The van der Waals surface area contributed by atoms with Gasteiger partial charge in [0, 0.05) is 19.0 Å². The summed E-state index contributed by atoms with van der Waals surface area (Å²) in [6.07, 6.45) is 0.595. The number of benzene rings is 1. The van der Waals surface area contributed by atoms with E-state index in [0.29, 0.717) is 6.42 Å². The predicted molar refractivity (Wildman–Crippen MR) is 71.4 cm³/mol. The Morgan fingerprint density at radius 2 is 2.10 bits per heavy atom. The highest BCUT2D eigenvalue weighted by Crippen LogP contribution is 2.21. The minimum Gasteiger partial charge on any atom is -0.507 e. The number of rotatable bonds is 4. The largest absolute Gasteiger partial charge is 0.507 e. The van der Waals surface area contributed by atoms with Crippen molar-refractivity contribution in [2.75, 3.05) is 6.54 Å².